The first kappa shape index (κ1) is 15.4. The summed E-state index contributed by atoms with van der Waals surface area (Å²) < 4.78 is 6.09. The zero-order valence-corrected chi connectivity index (χ0v) is 13.8. The van der Waals surface area contributed by atoms with Crippen molar-refractivity contribution in [2.75, 3.05) is 7.11 Å². The predicted octanol–water partition coefficient (Wildman–Crippen LogP) is 4.96. The normalized spacial score (nSPS) is 12.2. The summed E-state index contributed by atoms with van der Waals surface area (Å²) in [7, 11) is 1.67. The largest absolute Gasteiger partial charge is 0.497 e. The maximum Gasteiger partial charge on any atom is 0.118 e. The average molecular weight is 355 g/mol. The highest BCUT2D eigenvalue weighted by molar-refractivity contribution is 9.10. The zero-order chi connectivity index (χ0) is 14.5. The summed E-state index contributed by atoms with van der Waals surface area (Å²) in [5.41, 5.74) is 2.40. The van der Waals surface area contributed by atoms with Crippen LogP contribution in [-0.4, -0.2) is 7.11 Å². The second-order valence-corrected chi connectivity index (χ2v) is 5.89. The molecule has 0 aromatic heterocycles. The van der Waals surface area contributed by atoms with Gasteiger partial charge in [-0.05, 0) is 58.2 Å². The molecule has 0 heterocycles. The Balaban J connectivity index is 1.96. The lowest BCUT2D eigenvalue weighted by Crippen LogP contribution is -2.18. The monoisotopic (exact) mass is 353 g/mol. The fraction of sp³-hybridized carbons (Fsp3) is 0.250. The van der Waals surface area contributed by atoms with E-state index in [1.54, 1.807) is 7.11 Å². The molecule has 0 bridgehead atoms. The fourth-order valence-electron chi connectivity index (χ4n) is 1.93. The molecule has 2 aromatic rings. The van der Waals surface area contributed by atoms with Gasteiger partial charge >= 0.3 is 0 Å². The lowest BCUT2D eigenvalue weighted by atomic mass is 10.1. The first-order valence-electron chi connectivity index (χ1n) is 6.41. The molecular weight excluding hydrogens is 338 g/mol. The van der Waals surface area contributed by atoms with Crippen LogP contribution >= 0.6 is 27.5 Å². The van der Waals surface area contributed by atoms with Crippen LogP contribution in [0.25, 0.3) is 0 Å². The van der Waals surface area contributed by atoms with E-state index in [0.717, 1.165) is 21.8 Å². The lowest BCUT2D eigenvalue weighted by molar-refractivity contribution is 0.414. The van der Waals surface area contributed by atoms with Gasteiger partial charge in [0.2, 0.25) is 0 Å². The van der Waals surface area contributed by atoms with Gasteiger partial charge in [-0.15, -0.1) is 0 Å². The number of hydrogen-bond acceptors (Lipinski definition) is 2. The van der Waals surface area contributed by atoms with Crippen LogP contribution < -0.4 is 10.1 Å². The second kappa shape index (κ2) is 7.11. The van der Waals surface area contributed by atoms with Gasteiger partial charge < -0.3 is 10.1 Å². The molecule has 1 atom stereocenters. The van der Waals surface area contributed by atoms with Gasteiger partial charge in [0.1, 0.15) is 5.75 Å². The quantitative estimate of drug-likeness (QED) is 0.819. The molecule has 2 aromatic carbocycles. The minimum Gasteiger partial charge on any atom is -0.497 e. The van der Waals surface area contributed by atoms with E-state index in [1.165, 1.54) is 11.1 Å². The highest BCUT2D eigenvalue weighted by Crippen LogP contribution is 2.23. The number of ether oxygens (including phenoxy) is 1. The molecule has 0 aliphatic heterocycles. The summed E-state index contributed by atoms with van der Waals surface area (Å²) in [5, 5.41) is 4.22. The predicted molar refractivity (Wildman–Crippen MR) is 87.4 cm³/mol. The van der Waals surface area contributed by atoms with Crippen LogP contribution in [0.1, 0.15) is 24.1 Å². The summed E-state index contributed by atoms with van der Waals surface area (Å²) in [6, 6.07) is 14.4. The molecule has 0 radical (unpaired) electrons. The first-order valence-corrected chi connectivity index (χ1v) is 7.58. The molecule has 0 amide bonds. The zero-order valence-electron chi connectivity index (χ0n) is 11.5. The third kappa shape index (κ3) is 3.98. The molecule has 1 N–H and O–H groups in total. The van der Waals surface area contributed by atoms with E-state index in [4.69, 9.17) is 16.3 Å². The van der Waals surface area contributed by atoms with Gasteiger partial charge in [-0.25, -0.2) is 0 Å². The Morgan fingerprint density at radius 2 is 1.90 bits per heavy atom. The molecule has 4 heteroatoms. The van der Waals surface area contributed by atoms with E-state index >= 15 is 0 Å². The Morgan fingerprint density at radius 3 is 2.50 bits per heavy atom. The molecule has 0 aliphatic carbocycles. The van der Waals surface area contributed by atoms with Gasteiger partial charge in [0.15, 0.2) is 0 Å². The summed E-state index contributed by atoms with van der Waals surface area (Å²) in [6.07, 6.45) is 0. The third-order valence-electron chi connectivity index (χ3n) is 3.21. The number of nitrogens with one attached hydrogen (secondary N) is 1. The number of benzene rings is 2. The molecule has 0 saturated heterocycles. The van der Waals surface area contributed by atoms with Gasteiger partial charge in [0.25, 0.3) is 0 Å². The SMILES string of the molecule is COc1ccc(C(C)NCc2ccc(Br)c(Cl)c2)cc1. The fourth-order valence-corrected chi connectivity index (χ4v) is 2.38. The van der Waals surface area contributed by atoms with Crippen molar-refractivity contribution in [3.05, 3.63) is 63.1 Å². The van der Waals surface area contributed by atoms with Gasteiger partial charge in [0.05, 0.1) is 12.1 Å². The van der Waals surface area contributed by atoms with Gasteiger partial charge in [-0.2, -0.15) is 0 Å². The molecule has 0 saturated carbocycles. The van der Waals surface area contributed by atoms with Crippen LogP contribution in [-0.2, 0) is 6.54 Å². The van der Waals surface area contributed by atoms with Crippen molar-refractivity contribution in [3.8, 4) is 5.75 Å². The Bertz CT molecular complexity index is 571. The molecule has 0 fully saturated rings. The first-order chi connectivity index (χ1) is 9.60. The minimum atomic E-state index is 0.267. The summed E-state index contributed by atoms with van der Waals surface area (Å²) in [4.78, 5) is 0. The topological polar surface area (TPSA) is 21.3 Å². The highest BCUT2D eigenvalue weighted by Gasteiger charge is 2.06. The molecule has 0 spiro atoms. The molecule has 2 rings (SSSR count). The number of methoxy groups -OCH3 is 1. The van der Waals surface area contributed by atoms with Crippen LogP contribution in [0.3, 0.4) is 0 Å². The van der Waals surface area contributed by atoms with Crippen molar-refractivity contribution in [3.63, 3.8) is 0 Å². The molecular formula is C16H17BrClNO. The lowest BCUT2D eigenvalue weighted by Gasteiger charge is -2.15. The number of rotatable bonds is 5. The Labute approximate surface area is 133 Å². The van der Waals surface area contributed by atoms with Crippen molar-refractivity contribution in [2.24, 2.45) is 0 Å². The van der Waals surface area contributed by atoms with Crippen molar-refractivity contribution in [1.29, 1.82) is 0 Å². The van der Waals surface area contributed by atoms with Crippen molar-refractivity contribution in [2.45, 2.75) is 19.5 Å². The van der Waals surface area contributed by atoms with E-state index in [0.29, 0.717) is 0 Å². The third-order valence-corrected chi connectivity index (χ3v) is 4.44. The van der Waals surface area contributed by atoms with E-state index in [9.17, 15) is 0 Å². The molecule has 106 valence electrons. The number of halogens is 2. The average Bonchev–Trinajstić information content (AvgIpc) is 2.48. The van der Waals surface area contributed by atoms with E-state index in [1.807, 2.05) is 24.3 Å². The van der Waals surface area contributed by atoms with Crippen molar-refractivity contribution in [1.82, 2.24) is 5.32 Å². The summed E-state index contributed by atoms with van der Waals surface area (Å²) in [6.45, 7) is 2.92. The van der Waals surface area contributed by atoms with Crippen LogP contribution in [0.15, 0.2) is 46.9 Å². The molecule has 20 heavy (non-hydrogen) atoms. The van der Waals surface area contributed by atoms with E-state index in [-0.39, 0.29) is 6.04 Å². The summed E-state index contributed by atoms with van der Waals surface area (Å²) in [5.74, 6) is 0.876. The van der Waals surface area contributed by atoms with E-state index in [2.05, 4.69) is 46.4 Å². The maximum absolute atomic E-state index is 6.09. The van der Waals surface area contributed by atoms with Gasteiger partial charge in [0, 0.05) is 17.1 Å². The Kier molecular flexibility index (Phi) is 5.46. The Hall–Kier alpha value is -1.03. The van der Waals surface area contributed by atoms with Crippen molar-refractivity contribution < 1.29 is 4.74 Å². The highest BCUT2D eigenvalue weighted by atomic mass is 79.9. The van der Waals surface area contributed by atoms with Gasteiger partial charge in [-0.1, -0.05) is 29.8 Å². The standard InChI is InChI=1S/C16H17BrClNO/c1-11(13-4-6-14(20-2)7-5-13)19-10-12-3-8-15(17)16(18)9-12/h3-9,11,19H,10H2,1-2H3. The van der Waals surface area contributed by atoms with E-state index < -0.39 is 0 Å². The molecule has 0 aliphatic rings. The van der Waals surface area contributed by atoms with Crippen molar-refractivity contribution >= 4 is 27.5 Å². The molecule has 1 unspecified atom stereocenters. The second-order valence-electron chi connectivity index (χ2n) is 4.62. The van der Waals surface area contributed by atoms with Gasteiger partial charge in [-0.3, -0.25) is 0 Å². The van der Waals surface area contributed by atoms with Crippen LogP contribution in [0.5, 0.6) is 5.75 Å². The van der Waals surface area contributed by atoms with Crippen LogP contribution in [0.2, 0.25) is 5.02 Å². The van der Waals surface area contributed by atoms with Crippen LogP contribution in [0, 0.1) is 0 Å². The smallest absolute Gasteiger partial charge is 0.118 e. The summed E-state index contributed by atoms with van der Waals surface area (Å²) >= 11 is 9.49. The molecule has 2 nitrogen and oxygen atoms in total. The maximum atomic E-state index is 6.09. The Morgan fingerprint density at radius 1 is 1.20 bits per heavy atom. The minimum absolute atomic E-state index is 0.267. The van der Waals surface area contributed by atoms with Crippen LogP contribution in [0.4, 0.5) is 0 Å². The number of hydrogen-bond donors (Lipinski definition) is 1.